The second-order valence-corrected chi connectivity index (χ2v) is 5.54. The van der Waals surface area contributed by atoms with E-state index in [0.717, 1.165) is 12.8 Å². The molecule has 0 aromatic carbocycles. The van der Waals surface area contributed by atoms with Crippen LogP contribution in [0, 0.1) is 0 Å². The molecule has 0 spiro atoms. The van der Waals surface area contributed by atoms with Crippen LogP contribution in [0.15, 0.2) is 0 Å². The number of halogens is 1. The first-order chi connectivity index (χ1) is 9.13. The Morgan fingerprint density at radius 2 is 1.58 bits per heavy atom. The first kappa shape index (κ1) is 18.7. The molecule has 19 heavy (non-hydrogen) atoms. The van der Waals surface area contributed by atoms with Crippen molar-refractivity contribution >= 4 is 17.6 Å². The molecule has 0 heterocycles. The van der Waals surface area contributed by atoms with Gasteiger partial charge in [-0.05, 0) is 13.3 Å². The van der Waals surface area contributed by atoms with Gasteiger partial charge in [-0.25, -0.2) is 4.79 Å². The van der Waals surface area contributed by atoms with Crippen LogP contribution < -0.4 is 0 Å². The Balaban J connectivity index is 3.47. The van der Waals surface area contributed by atoms with Crippen LogP contribution in [-0.4, -0.2) is 29.2 Å². The molecule has 0 aliphatic carbocycles. The van der Waals surface area contributed by atoms with Crippen LogP contribution in [0.25, 0.3) is 0 Å². The number of aliphatic hydroxyl groups excluding tert-OH is 1. The minimum atomic E-state index is -1.19. The van der Waals surface area contributed by atoms with Crippen LogP contribution in [0.4, 0.5) is 0 Å². The SMILES string of the molecule is CCCCCCCCCC[C@H](Cl)[C@H](O)C(=O)OCC. The summed E-state index contributed by atoms with van der Waals surface area (Å²) < 4.78 is 4.73. The van der Waals surface area contributed by atoms with Gasteiger partial charge < -0.3 is 9.84 Å². The molecule has 0 bridgehead atoms. The molecular weight excluding hydrogens is 264 g/mol. The highest BCUT2D eigenvalue weighted by atomic mass is 35.5. The van der Waals surface area contributed by atoms with Crippen molar-refractivity contribution in [1.29, 1.82) is 0 Å². The molecule has 0 radical (unpaired) electrons. The topological polar surface area (TPSA) is 46.5 Å². The van der Waals surface area contributed by atoms with Crippen molar-refractivity contribution in [2.75, 3.05) is 6.61 Å². The maximum absolute atomic E-state index is 11.3. The van der Waals surface area contributed by atoms with E-state index in [-0.39, 0.29) is 6.61 Å². The standard InChI is InChI=1S/C15H29ClO3/c1-3-5-6-7-8-9-10-11-12-13(16)14(17)15(18)19-4-2/h13-14,17H,3-12H2,1-2H3/t13-,14-/m0/s1. The lowest BCUT2D eigenvalue weighted by Gasteiger charge is -2.15. The third kappa shape index (κ3) is 10.2. The van der Waals surface area contributed by atoms with Crippen LogP contribution in [0.3, 0.4) is 0 Å². The summed E-state index contributed by atoms with van der Waals surface area (Å²) in [5.41, 5.74) is 0. The van der Waals surface area contributed by atoms with E-state index < -0.39 is 17.5 Å². The number of carbonyl (C=O) groups excluding carboxylic acids is 1. The maximum Gasteiger partial charge on any atom is 0.336 e. The Labute approximate surface area is 122 Å². The molecule has 2 atom stereocenters. The Hall–Kier alpha value is -0.280. The van der Waals surface area contributed by atoms with Crippen LogP contribution >= 0.6 is 11.6 Å². The molecule has 0 aliphatic heterocycles. The summed E-state index contributed by atoms with van der Waals surface area (Å²) in [4.78, 5) is 11.3. The van der Waals surface area contributed by atoms with E-state index in [2.05, 4.69) is 6.92 Å². The van der Waals surface area contributed by atoms with E-state index in [4.69, 9.17) is 16.3 Å². The van der Waals surface area contributed by atoms with E-state index >= 15 is 0 Å². The van der Waals surface area contributed by atoms with Gasteiger partial charge in [0.05, 0.1) is 12.0 Å². The molecule has 0 fully saturated rings. The van der Waals surface area contributed by atoms with Crippen molar-refractivity contribution < 1.29 is 14.6 Å². The van der Waals surface area contributed by atoms with Gasteiger partial charge in [-0.3, -0.25) is 0 Å². The molecular formula is C15H29ClO3. The van der Waals surface area contributed by atoms with Crippen LogP contribution in [0.1, 0.15) is 71.6 Å². The Kier molecular flexibility index (Phi) is 12.6. The van der Waals surface area contributed by atoms with Crippen molar-refractivity contribution in [3.8, 4) is 0 Å². The van der Waals surface area contributed by atoms with Crippen LogP contribution in [-0.2, 0) is 9.53 Å². The average molecular weight is 293 g/mol. The van der Waals surface area contributed by atoms with Gasteiger partial charge in [-0.1, -0.05) is 58.3 Å². The minimum Gasteiger partial charge on any atom is -0.464 e. The Morgan fingerprint density at radius 3 is 2.11 bits per heavy atom. The third-order valence-corrected chi connectivity index (χ3v) is 3.66. The van der Waals surface area contributed by atoms with Gasteiger partial charge in [0.2, 0.25) is 0 Å². The van der Waals surface area contributed by atoms with E-state index in [1.807, 2.05) is 0 Å². The van der Waals surface area contributed by atoms with Crippen LogP contribution in [0.5, 0.6) is 0 Å². The number of carbonyl (C=O) groups is 1. The van der Waals surface area contributed by atoms with Crippen molar-refractivity contribution in [3.63, 3.8) is 0 Å². The number of alkyl halides is 1. The monoisotopic (exact) mass is 292 g/mol. The van der Waals surface area contributed by atoms with Crippen molar-refractivity contribution in [1.82, 2.24) is 0 Å². The fourth-order valence-electron chi connectivity index (χ4n) is 2.01. The summed E-state index contributed by atoms with van der Waals surface area (Å²) in [6.07, 6.45) is 9.27. The zero-order valence-electron chi connectivity index (χ0n) is 12.4. The molecule has 4 heteroatoms. The second-order valence-electron chi connectivity index (χ2n) is 4.98. The van der Waals surface area contributed by atoms with Crippen molar-refractivity contribution in [2.45, 2.75) is 83.1 Å². The van der Waals surface area contributed by atoms with E-state index in [1.54, 1.807) is 6.92 Å². The third-order valence-electron chi connectivity index (χ3n) is 3.20. The lowest BCUT2D eigenvalue weighted by Crippen LogP contribution is -2.32. The lowest BCUT2D eigenvalue weighted by molar-refractivity contribution is -0.153. The number of hydrogen-bond acceptors (Lipinski definition) is 3. The molecule has 3 nitrogen and oxygen atoms in total. The van der Waals surface area contributed by atoms with Gasteiger partial charge in [0, 0.05) is 0 Å². The van der Waals surface area contributed by atoms with Gasteiger partial charge in [-0.15, -0.1) is 11.6 Å². The number of rotatable bonds is 12. The quantitative estimate of drug-likeness (QED) is 0.335. The number of hydrogen-bond donors (Lipinski definition) is 1. The van der Waals surface area contributed by atoms with Gasteiger partial charge in [0.25, 0.3) is 0 Å². The zero-order valence-corrected chi connectivity index (χ0v) is 13.1. The van der Waals surface area contributed by atoms with E-state index in [1.165, 1.54) is 38.5 Å². The molecule has 0 unspecified atom stereocenters. The molecule has 0 saturated heterocycles. The molecule has 114 valence electrons. The Bertz CT molecular complexity index is 221. The summed E-state index contributed by atoms with van der Waals surface area (Å²) >= 11 is 5.99. The van der Waals surface area contributed by atoms with E-state index in [9.17, 15) is 9.90 Å². The van der Waals surface area contributed by atoms with Crippen molar-refractivity contribution in [2.24, 2.45) is 0 Å². The average Bonchev–Trinajstić information content (AvgIpc) is 2.41. The first-order valence-electron chi connectivity index (χ1n) is 7.62. The molecule has 0 saturated carbocycles. The number of esters is 1. The van der Waals surface area contributed by atoms with Gasteiger partial charge >= 0.3 is 5.97 Å². The highest BCUT2D eigenvalue weighted by Gasteiger charge is 2.24. The summed E-state index contributed by atoms with van der Waals surface area (Å²) in [6.45, 7) is 4.21. The number of aliphatic hydroxyl groups is 1. The molecule has 0 aromatic heterocycles. The van der Waals surface area contributed by atoms with Crippen LogP contribution in [0.2, 0.25) is 0 Å². The first-order valence-corrected chi connectivity index (χ1v) is 8.05. The predicted octanol–water partition coefficient (Wildman–Crippen LogP) is 4.05. The number of unbranched alkanes of at least 4 members (excludes halogenated alkanes) is 7. The highest BCUT2D eigenvalue weighted by Crippen LogP contribution is 2.16. The fraction of sp³-hybridized carbons (Fsp3) is 0.933. The summed E-state index contributed by atoms with van der Waals surface area (Å²) in [6, 6.07) is 0. The molecule has 0 rings (SSSR count). The Morgan fingerprint density at radius 1 is 1.05 bits per heavy atom. The summed E-state index contributed by atoms with van der Waals surface area (Å²) in [5, 5.41) is 9.08. The van der Waals surface area contributed by atoms with Gasteiger partial charge in [0.15, 0.2) is 6.10 Å². The van der Waals surface area contributed by atoms with Gasteiger partial charge in [-0.2, -0.15) is 0 Å². The minimum absolute atomic E-state index is 0.275. The molecule has 0 aliphatic rings. The predicted molar refractivity (Wildman–Crippen MR) is 79.5 cm³/mol. The normalized spacial score (nSPS) is 14.1. The molecule has 0 amide bonds. The van der Waals surface area contributed by atoms with Gasteiger partial charge in [0.1, 0.15) is 0 Å². The lowest BCUT2D eigenvalue weighted by atomic mass is 10.0. The summed E-state index contributed by atoms with van der Waals surface area (Å²) in [7, 11) is 0. The number of ether oxygens (including phenoxy) is 1. The highest BCUT2D eigenvalue weighted by molar-refractivity contribution is 6.22. The smallest absolute Gasteiger partial charge is 0.336 e. The maximum atomic E-state index is 11.3. The second kappa shape index (κ2) is 12.7. The zero-order chi connectivity index (χ0) is 14.5. The molecule has 1 N–H and O–H groups in total. The fourth-order valence-corrected chi connectivity index (χ4v) is 2.26. The largest absolute Gasteiger partial charge is 0.464 e. The van der Waals surface area contributed by atoms with Crippen molar-refractivity contribution in [3.05, 3.63) is 0 Å². The molecule has 0 aromatic rings. The summed E-state index contributed by atoms with van der Waals surface area (Å²) in [5.74, 6) is -0.609. The van der Waals surface area contributed by atoms with E-state index in [0.29, 0.717) is 6.42 Å².